The second-order valence-corrected chi connectivity index (χ2v) is 4.74. The third-order valence-electron chi connectivity index (χ3n) is 3.48. The number of rotatable bonds is 2. The number of hydrogen-bond donors (Lipinski definition) is 2. The smallest absolute Gasteiger partial charge is 0.338 e. The number of carboxylic acid groups (broad SMARTS) is 1. The molecule has 0 unspecified atom stereocenters. The predicted molar refractivity (Wildman–Crippen MR) is 80.4 cm³/mol. The summed E-state index contributed by atoms with van der Waals surface area (Å²) in [6, 6.07) is 9.53. The van der Waals surface area contributed by atoms with Gasteiger partial charge in [0.2, 0.25) is 0 Å². The van der Waals surface area contributed by atoms with Gasteiger partial charge in [0, 0.05) is 10.9 Å². The van der Waals surface area contributed by atoms with Crippen molar-refractivity contribution in [1.82, 2.24) is 4.98 Å². The molecule has 1 heterocycles. The van der Waals surface area contributed by atoms with Crippen molar-refractivity contribution < 1.29 is 19.4 Å². The van der Waals surface area contributed by atoms with E-state index in [4.69, 9.17) is 0 Å². The van der Waals surface area contributed by atoms with E-state index < -0.39 is 17.5 Å². The Hall–Kier alpha value is -3.15. The summed E-state index contributed by atoms with van der Waals surface area (Å²) < 4.78 is 4.66. The van der Waals surface area contributed by atoms with E-state index in [1.807, 2.05) is 0 Å². The molecule has 2 aromatic carbocycles. The molecular formula is C16H11NO5. The van der Waals surface area contributed by atoms with E-state index in [1.165, 1.54) is 13.2 Å². The molecule has 0 aliphatic carbocycles. The molecule has 0 spiro atoms. The van der Waals surface area contributed by atoms with Crippen molar-refractivity contribution >= 4 is 33.6 Å². The zero-order valence-corrected chi connectivity index (χ0v) is 11.5. The topological polar surface area (TPSA) is 96.5 Å². The molecule has 6 nitrogen and oxygen atoms in total. The number of ether oxygens (including phenoxy) is 1. The molecule has 2 N–H and O–H groups in total. The number of aromatic amines is 1. The van der Waals surface area contributed by atoms with E-state index in [-0.39, 0.29) is 16.5 Å². The molecule has 0 aliphatic heterocycles. The first-order valence-corrected chi connectivity index (χ1v) is 6.43. The second kappa shape index (κ2) is 5.00. The molecule has 22 heavy (non-hydrogen) atoms. The van der Waals surface area contributed by atoms with Gasteiger partial charge in [-0.2, -0.15) is 0 Å². The Bertz CT molecular complexity index is 987. The number of benzene rings is 2. The van der Waals surface area contributed by atoms with E-state index in [0.717, 1.165) is 6.07 Å². The molecule has 0 saturated heterocycles. The van der Waals surface area contributed by atoms with Gasteiger partial charge in [0.05, 0.1) is 23.6 Å². The minimum atomic E-state index is -1.18. The third-order valence-corrected chi connectivity index (χ3v) is 3.48. The Morgan fingerprint density at radius 3 is 2.55 bits per heavy atom. The summed E-state index contributed by atoms with van der Waals surface area (Å²) in [6.45, 7) is 0. The van der Waals surface area contributed by atoms with Crippen LogP contribution in [0.5, 0.6) is 0 Å². The fourth-order valence-corrected chi connectivity index (χ4v) is 2.51. The molecule has 0 radical (unpaired) electrons. The zero-order chi connectivity index (χ0) is 15.9. The lowest BCUT2D eigenvalue weighted by Gasteiger charge is -2.09. The molecular weight excluding hydrogens is 286 g/mol. The number of aromatic nitrogens is 1. The number of pyridine rings is 1. The monoisotopic (exact) mass is 297 g/mol. The molecule has 110 valence electrons. The molecule has 0 atom stereocenters. The van der Waals surface area contributed by atoms with Gasteiger partial charge in [-0.1, -0.05) is 18.2 Å². The van der Waals surface area contributed by atoms with Gasteiger partial charge in [0.25, 0.3) is 5.56 Å². The van der Waals surface area contributed by atoms with Crippen LogP contribution in [0.3, 0.4) is 0 Å². The average Bonchev–Trinajstić information content (AvgIpc) is 2.53. The fourth-order valence-electron chi connectivity index (χ4n) is 2.51. The number of aromatic carboxylic acids is 1. The Morgan fingerprint density at radius 2 is 1.86 bits per heavy atom. The van der Waals surface area contributed by atoms with Gasteiger partial charge in [0.15, 0.2) is 0 Å². The van der Waals surface area contributed by atoms with Gasteiger partial charge in [-0.05, 0) is 23.6 Å². The zero-order valence-electron chi connectivity index (χ0n) is 11.5. The largest absolute Gasteiger partial charge is 0.478 e. The highest BCUT2D eigenvalue weighted by atomic mass is 16.5. The van der Waals surface area contributed by atoms with E-state index in [0.29, 0.717) is 16.3 Å². The summed E-state index contributed by atoms with van der Waals surface area (Å²) in [7, 11) is 1.18. The number of para-hydroxylation sites is 1. The summed E-state index contributed by atoms with van der Waals surface area (Å²) >= 11 is 0. The van der Waals surface area contributed by atoms with E-state index in [9.17, 15) is 19.5 Å². The highest BCUT2D eigenvalue weighted by Crippen LogP contribution is 2.25. The molecule has 0 saturated carbocycles. The molecule has 6 heteroatoms. The minimum Gasteiger partial charge on any atom is -0.478 e. The Kier molecular flexibility index (Phi) is 3.14. The van der Waals surface area contributed by atoms with Gasteiger partial charge >= 0.3 is 11.9 Å². The Morgan fingerprint density at radius 1 is 1.14 bits per heavy atom. The average molecular weight is 297 g/mol. The molecule has 0 amide bonds. The standard InChI is InChI=1S/C16H11NO5/c1-22-16(21)11-7-8(15(19)20)6-10-9-4-2-3-5-12(9)17-14(18)13(10)11/h2-7H,1H3,(H,17,18)(H,19,20). The number of carbonyl (C=O) groups excluding carboxylic acids is 1. The van der Waals surface area contributed by atoms with Crippen LogP contribution in [-0.2, 0) is 4.74 Å². The Balaban J connectivity index is 2.59. The lowest BCUT2D eigenvalue weighted by Crippen LogP contribution is -2.14. The number of fused-ring (bicyclic) bond motifs is 3. The van der Waals surface area contributed by atoms with Crippen molar-refractivity contribution in [2.75, 3.05) is 7.11 Å². The first-order chi connectivity index (χ1) is 10.5. The lowest BCUT2D eigenvalue weighted by molar-refractivity contribution is 0.0603. The van der Waals surface area contributed by atoms with Crippen molar-refractivity contribution in [2.45, 2.75) is 0 Å². The van der Waals surface area contributed by atoms with Crippen molar-refractivity contribution in [1.29, 1.82) is 0 Å². The number of carbonyl (C=O) groups is 2. The van der Waals surface area contributed by atoms with Gasteiger partial charge in [-0.15, -0.1) is 0 Å². The van der Waals surface area contributed by atoms with Crippen LogP contribution in [0.15, 0.2) is 41.2 Å². The number of carboxylic acids is 1. The summed E-state index contributed by atoms with van der Waals surface area (Å²) in [5.41, 5.74) is -0.0440. The lowest BCUT2D eigenvalue weighted by atomic mass is 9.99. The SMILES string of the molecule is COC(=O)c1cc(C(=O)O)cc2c1c(=O)[nH]c1ccccc12. The molecule has 3 rings (SSSR count). The minimum absolute atomic E-state index is 0.0654. The van der Waals surface area contributed by atoms with Crippen LogP contribution in [-0.4, -0.2) is 29.1 Å². The van der Waals surface area contributed by atoms with Crippen LogP contribution in [0.4, 0.5) is 0 Å². The normalized spacial score (nSPS) is 10.8. The first kappa shape index (κ1) is 13.8. The summed E-state index contributed by atoms with van der Waals surface area (Å²) in [6.07, 6.45) is 0. The van der Waals surface area contributed by atoms with Gasteiger partial charge in [-0.25, -0.2) is 9.59 Å². The molecule has 0 aliphatic rings. The third kappa shape index (κ3) is 2.01. The number of H-pyrrole nitrogens is 1. The van der Waals surface area contributed by atoms with Crippen LogP contribution in [0.1, 0.15) is 20.7 Å². The maximum absolute atomic E-state index is 12.3. The van der Waals surface area contributed by atoms with Crippen molar-refractivity contribution in [2.24, 2.45) is 0 Å². The maximum atomic E-state index is 12.3. The molecule has 0 fully saturated rings. The Labute approximate surface area is 124 Å². The number of hydrogen-bond acceptors (Lipinski definition) is 4. The number of methoxy groups -OCH3 is 1. The van der Waals surface area contributed by atoms with Crippen molar-refractivity contribution in [3.05, 3.63) is 57.9 Å². The van der Waals surface area contributed by atoms with E-state index in [2.05, 4.69) is 9.72 Å². The quantitative estimate of drug-likeness (QED) is 0.558. The van der Waals surface area contributed by atoms with Crippen molar-refractivity contribution in [3.63, 3.8) is 0 Å². The molecule has 1 aromatic heterocycles. The van der Waals surface area contributed by atoms with E-state index in [1.54, 1.807) is 24.3 Å². The second-order valence-electron chi connectivity index (χ2n) is 4.74. The number of esters is 1. The van der Waals surface area contributed by atoms with Crippen LogP contribution in [0.2, 0.25) is 0 Å². The highest BCUT2D eigenvalue weighted by Gasteiger charge is 2.19. The van der Waals surface area contributed by atoms with E-state index >= 15 is 0 Å². The first-order valence-electron chi connectivity index (χ1n) is 6.43. The number of nitrogens with one attached hydrogen (secondary N) is 1. The predicted octanol–water partition coefficient (Wildman–Crippen LogP) is 2.17. The molecule has 0 bridgehead atoms. The van der Waals surface area contributed by atoms with Gasteiger partial charge in [0.1, 0.15) is 0 Å². The van der Waals surface area contributed by atoms with Crippen LogP contribution in [0.25, 0.3) is 21.7 Å². The van der Waals surface area contributed by atoms with Crippen LogP contribution in [0, 0.1) is 0 Å². The highest BCUT2D eigenvalue weighted by molar-refractivity contribution is 6.14. The maximum Gasteiger partial charge on any atom is 0.338 e. The summed E-state index contributed by atoms with van der Waals surface area (Å²) in [5.74, 6) is -1.94. The fraction of sp³-hybridized carbons (Fsp3) is 0.0625. The van der Waals surface area contributed by atoms with Gasteiger partial charge < -0.3 is 14.8 Å². The summed E-state index contributed by atoms with van der Waals surface area (Å²) in [5, 5.41) is 10.4. The van der Waals surface area contributed by atoms with Gasteiger partial charge in [-0.3, -0.25) is 4.79 Å². The summed E-state index contributed by atoms with van der Waals surface area (Å²) in [4.78, 5) is 38.2. The van der Waals surface area contributed by atoms with Crippen LogP contribution >= 0.6 is 0 Å². The van der Waals surface area contributed by atoms with Crippen molar-refractivity contribution in [3.8, 4) is 0 Å². The van der Waals surface area contributed by atoms with Crippen LogP contribution < -0.4 is 5.56 Å². The molecule has 3 aromatic rings.